The number of nitrogens with one attached hydrogen (secondary N) is 2. The van der Waals surface area contributed by atoms with E-state index in [0.29, 0.717) is 6.29 Å². The van der Waals surface area contributed by atoms with E-state index in [4.69, 9.17) is 0 Å². The summed E-state index contributed by atoms with van der Waals surface area (Å²) in [6, 6.07) is 5.57. The maximum Gasteiger partial charge on any atom is 0.265 e. The first kappa shape index (κ1) is 13.9. The zero-order valence-corrected chi connectivity index (χ0v) is 10.1. The van der Waals surface area contributed by atoms with Crippen LogP contribution in [0.15, 0.2) is 24.3 Å². The number of aldehydes is 1. The summed E-state index contributed by atoms with van der Waals surface area (Å²) in [7, 11) is 1.30. The van der Waals surface area contributed by atoms with E-state index in [1.54, 1.807) is 12.1 Å². The Balaban J connectivity index is 2.76. The number of benzene rings is 1. The maximum absolute atomic E-state index is 11.9. The third-order valence-electron chi connectivity index (χ3n) is 2.28. The molecule has 0 fully saturated rings. The van der Waals surface area contributed by atoms with E-state index < -0.39 is 17.9 Å². The van der Waals surface area contributed by atoms with Crippen molar-refractivity contribution in [2.45, 2.75) is 13.0 Å². The molecule has 96 valence electrons. The van der Waals surface area contributed by atoms with Crippen LogP contribution in [0.2, 0.25) is 0 Å². The van der Waals surface area contributed by atoms with Gasteiger partial charge in [-0.15, -0.1) is 0 Å². The Bertz CT molecular complexity index is 459. The number of hydrogen-bond acceptors (Lipinski definition) is 4. The number of rotatable bonds is 5. The highest BCUT2D eigenvalue weighted by molar-refractivity contribution is 6.03. The van der Waals surface area contributed by atoms with Crippen molar-refractivity contribution < 1.29 is 19.2 Å². The predicted molar refractivity (Wildman–Crippen MR) is 63.9 cm³/mol. The van der Waals surface area contributed by atoms with Crippen molar-refractivity contribution in [2.75, 3.05) is 7.11 Å². The first-order chi connectivity index (χ1) is 8.60. The summed E-state index contributed by atoms with van der Waals surface area (Å²) in [6.07, 6.45) is 0.592. The molecule has 0 aromatic heterocycles. The second-order valence-corrected chi connectivity index (χ2v) is 3.57. The number of hydrogen-bond donors (Lipinski definition) is 2. The van der Waals surface area contributed by atoms with Crippen molar-refractivity contribution in [1.82, 2.24) is 10.8 Å². The molecule has 0 saturated carbocycles. The van der Waals surface area contributed by atoms with Crippen LogP contribution in [0.1, 0.15) is 27.6 Å². The van der Waals surface area contributed by atoms with Crippen LogP contribution in [0, 0.1) is 0 Å². The number of carbonyl (C=O) groups excluding carboxylic acids is 3. The second kappa shape index (κ2) is 6.51. The smallest absolute Gasteiger partial charge is 0.265 e. The molecule has 18 heavy (non-hydrogen) atoms. The van der Waals surface area contributed by atoms with E-state index in [1.807, 2.05) is 0 Å². The van der Waals surface area contributed by atoms with Crippen LogP contribution in [0.4, 0.5) is 0 Å². The number of carbonyl (C=O) groups is 3. The summed E-state index contributed by atoms with van der Waals surface area (Å²) in [5, 5.41) is 2.47. The normalized spacial score (nSPS) is 11.4. The van der Waals surface area contributed by atoms with Crippen LogP contribution in [-0.4, -0.2) is 31.3 Å². The van der Waals surface area contributed by atoms with Gasteiger partial charge in [0.1, 0.15) is 6.04 Å². The van der Waals surface area contributed by atoms with Crippen molar-refractivity contribution >= 4 is 18.1 Å². The molecule has 0 radical (unpaired) electrons. The van der Waals surface area contributed by atoms with Gasteiger partial charge in [0.2, 0.25) is 0 Å². The summed E-state index contributed by atoms with van der Waals surface area (Å²) in [5.74, 6) is -0.967. The summed E-state index contributed by atoms with van der Waals surface area (Å²) >= 11 is 0. The first-order valence-corrected chi connectivity index (χ1v) is 5.28. The SMILES string of the molecule is CONC(=O)[C@H](C)NC(=O)c1ccccc1C=O. The van der Waals surface area contributed by atoms with Gasteiger partial charge in [-0.2, -0.15) is 0 Å². The van der Waals surface area contributed by atoms with Crippen LogP contribution >= 0.6 is 0 Å². The maximum atomic E-state index is 11.9. The van der Waals surface area contributed by atoms with Gasteiger partial charge in [0, 0.05) is 11.1 Å². The van der Waals surface area contributed by atoms with Gasteiger partial charge in [-0.25, -0.2) is 5.48 Å². The van der Waals surface area contributed by atoms with E-state index in [9.17, 15) is 14.4 Å². The topological polar surface area (TPSA) is 84.5 Å². The molecule has 1 aromatic carbocycles. The minimum atomic E-state index is -0.767. The van der Waals surface area contributed by atoms with Gasteiger partial charge in [0.05, 0.1) is 7.11 Å². The molecular weight excluding hydrogens is 236 g/mol. The van der Waals surface area contributed by atoms with Gasteiger partial charge >= 0.3 is 0 Å². The van der Waals surface area contributed by atoms with Crippen LogP contribution in [0.3, 0.4) is 0 Å². The fourth-order valence-electron chi connectivity index (χ4n) is 1.34. The van der Waals surface area contributed by atoms with E-state index in [-0.39, 0.29) is 11.1 Å². The molecule has 0 saturated heterocycles. The molecule has 0 aliphatic rings. The van der Waals surface area contributed by atoms with Gasteiger partial charge in [-0.3, -0.25) is 19.2 Å². The third-order valence-corrected chi connectivity index (χ3v) is 2.28. The molecule has 6 heteroatoms. The summed E-state index contributed by atoms with van der Waals surface area (Å²) in [6.45, 7) is 1.51. The average molecular weight is 250 g/mol. The van der Waals surface area contributed by atoms with E-state index >= 15 is 0 Å². The largest absolute Gasteiger partial charge is 0.340 e. The quantitative estimate of drug-likeness (QED) is 0.581. The van der Waals surface area contributed by atoms with Gasteiger partial charge in [0.15, 0.2) is 6.29 Å². The van der Waals surface area contributed by atoms with E-state index in [0.717, 1.165) is 0 Å². The molecule has 0 heterocycles. The van der Waals surface area contributed by atoms with Crippen molar-refractivity contribution in [2.24, 2.45) is 0 Å². The van der Waals surface area contributed by atoms with Gasteiger partial charge in [-0.1, -0.05) is 18.2 Å². The number of amides is 2. The lowest BCUT2D eigenvalue weighted by Crippen LogP contribution is -2.44. The Morgan fingerprint density at radius 2 is 2.00 bits per heavy atom. The Hall–Kier alpha value is -2.21. The molecule has 2 amide bonds. The second-order valence-electron chi connectivity index (χ2n) is 3.57. The highest BCUT2D eigenvalue weighted by Gasteiger charge is 2.17. The zero-order valence-electron chi connectivity index (χ0n) is 10.1. The average Bonchev–Trinajstić information content (AvgIpc) is 2.38. The lowest BCUT2D eigenvalue weighted by atomic mass is 10.1. The molecule has 0 aliphatic carbocycles. The van der Waals surface area contributed by atoms with Crippen molar-refractivity contribution in [3.05, 3.63) is 35.4 Å². The highest BCUT2D eigenvalue weighted by atomic mass is 16.6. The fourth-order valence-corrected chi connectivity index (χ4v) is 1.34. The third kappa shape index (κ3) is 3.39. The van der Waals surface area contributed by atoms with Crippen molar-refractivity contribution in [3.8, 4) is 0 Å². The molecule has 6 nitrogen and oxygen atoms in total. The monoisotopic (exact) mass is 250 g/mol. The highest BCUT2D eigenvalue weighted by Crippen LogP contribution is 2.06. The molecule has 0 aliphatic heterocycles. The molecule has 1 atom stereocenters. The molecule has 1 rings (SSSR count). The van der Waals surface area contributed by atoms with E-state index in [2.05, 4.69) is 15.6 Å². The lowest BCUT2D eigenvalue weighted by Gasteiger charge is -2.13. The summed E-state index contributed by atoms with van der Waals surface area (Å²) < 4.78 is 0. The van der Waals surface area contributed by atoms with Crippen LogP contribution in [0.5, 0.6) is 0 Å². The number of hydroxylamine groups is 1. The van der Waals surface area contributed by atoms with Crippen molar-refractivity contribution in [1.29, 1.82) is 0 Å². The van der Waals surface area contributed by atoms with Crippen molar-refractivity contribution in [3.63, 3.8) is 0 Å². The molecule has 1 aromatic rings. The van der Waals surface area contributed by atoms with Crippen LogP contribution in [-0.2, 0) is 9.63 Å². The molecule has 0 bridgehead atoms. The zero-order chi connectivity index (χ0) is 13.5. The summed E-state index contributed by atoms with van der Waals surface area (Å²) in [4.78, 5) is 38.4. The Morgan fingerprint density at radius 3 is 2.61 bits per heavy atom. The van der Waals surface area contributed by atoms with Crippen LogP contribution < -0.4 is 10.8 Å². The Labute approximate surface area is 104 Å². The Morgan fingerprint density at radius 1 is 1.33 bits per heavy atom. The predicted octanol–water partition coefficient (Wildman–Crippen LogP) is 0.295. The Kier molecular flexibility index (Phi) is 5.01. The molecule has 0 spiro atoms. The first-order valence-electron chi connectivity index (χ1n) is 5.28. The minimum absolute atomic E-state index is 0.226. The van der Waals surface area contributed by atoms with Gasteiger partial charge in [0.25, 0.3) is 11.8 Å². The summed E-state index contributed by atoms with van der Waals surface area (Å²) in [5.41, 5.74) is 2.61. The van der Waals surface area contributed by atoms with Gasteiger partial charge < -0.3 is 5.32 Å². The van der Waals surface area contributed by atoms with E-state index in [1.165, 1.54) is 26.2 Å². The molecular formula is C12H14N2O4. The van der Waals surface area contributed by atoms with Gasteiger partial charge in [-0.05, 0) is 13.0 Å². The van der Waals surface area contributed by atoms with Crippen LogP contribution in [0.25, 0.3) is 0 Å². The molecule has 2 N–H and O–H groups in total. The molecule has 0 unspecified atom stereocenters. The lowest BCUT2D eigenvalue weighted by molar-refractivity contribution is -0.132. The standard InChI is InChI=1S/C12H14N2O4/c1-8(11(16)14-18-2)13-12(17)10-6-4-3-5-9(10)7-15/h3-8H,1-2H3,(H,13,17)(H,14,16)/t8-/m0/s1. The minimum Gasteiger partial charge on any atom is -0.340 e. The fraction of sp³-hybridized carbons (Fsp3) is 0.250.